The number of hydrogen-bond acceptors (Lipinski definition) is 3. The summed E-state index contributed by atoms with van der Waals surface area (Å²) in [7, 11) is 0. The molecule has 13 heavy (non-hydrogen) atoms. The highest BCUT2D eigenvalue weighted by Gasteiger charge is 1.98. The lowest BCUT2D eigenvalue weighted by Gasteiger charge is -2.04. The van der Waals surface area contributed by atoms with E-state index in [1.807, 2.05) is 0 Å². The molecular formula is C9H13ClN2O. The summed E-state index contributed by atoms with van der Waals surface area (Å²) >= 11 is 5.69. The second kappa shape index (κ2) is 4.92. The zero-order chi connectivity index (χ0) is 9.68. The van der Waals surface area contributed by atoms with Crippen molar-refractivity contribution < 1.29 is 4.74 Å². The van der Waals surface area contributed by atoms with Crippen LogP contribution in [0.3, 0.4) is 0 Å². The SMILES string of the molecule is CCCCOc1cc(N)cc(Cl)n1. The van der Waals surface area contributed by atoms with Gasteiger partial charge in [0.15, 0.2) is 0 Å². The molecule has 0 fully saturated rings. The largest absolute Gasteiger partial charge is 0.478 e. The van der Waals surface area contributed by atoms with Gasteiger partial charge in [-0.1, -0.05) is 24.9 Å². The summed E-state index contributed by atoms with van der Waals surface area (Å²) in [4.78, 5) is 3.97. The number of aromatic nitrogens is 1. The molecule has 2 N–H and O–H groups in total. The molecule has 0 aromatic carbocycles. The average molecular weight is 201 g/mol. The smallest absolute Gasteiger partial charge is 0.216 e. The molecule has 72 valence electrons. The van der Waals surface area contributed by atoms with Crippen molar-refractivity contribution in [3.63, 3.8) is 0 Å². The number of nitrogen functional groups attached to an aromatic ring is 1. The Balaban J connectivity index is 2.56. The van der Waals surface area contributed by atoms with Crippen LogP contribution in [0.15, 0.2) is 12.1 Å². The lowest BCUT2D eigenvalue weighted by molar-refractivity contribution is 0.298. The molecule has 0 spiro atoms. The lowest BCUT2D eigenvalue weighted by atomic mass is 10.4. The van der Waals surface area contributed by atoms with E-state index in [1.54, 1.807) is 12.1 Å². The fourth-order valence-corrected chi connectivity index (χ4v) is 1.10. The van der Waals surface area contributed by atoms with Gasteiger partial charge in [0.1, 0.15) is 5.15 Å². The maximum atomic E-state index is 5.69. The number of halogens is 1. The predicted octanol–water partition coefficient (Wildman–Crippen LogP) is 2.50. The standard InChI is InChI=1S/C9H13ClN2O/c1-2-3-4-13-9-6-7(11)5-8(10)12-9/h5-6H,2-4H2,1H3,(H2,11,12). The number of pyridine rings is 1. The molecule has 0 aliphatic carbocycles. The van der Waals surface area contributed by atoms with Crippen LogP contribution in [0.25, 0.3) is 0 Å². The van der Waals surface area contributed by atoms with Gasteiger partial charge in [0.2, 0.25) is 5.88 Å². The fourth-order valence-electron chi connectivity index (χ4n) is 0.887. The van der Waals surface area contributed by atoms with Crippen LogP contribution in [0.4, 0.5) is 5.69 Å². The fraction of sp³-hybridized carbons (Fsp3) is 0.444. The van der Waals surface area contributed by atoms with Gasteiger partial charge >= 0.3 is 0 Å². The summed E-state index contributed by atoms with van der Waals surface area (Å²) in [5, 5.41) is 0.367. The summed E-state index contributed by atoms with van der Waals surface area (Å²) in [6.07, 6.45) is 2.10. The van der Waals surface area contributed by atoms with Gasteiger partial charge in [0, 0.05) is 11.8 Å². The molecule has 1 rings (SSSR count). The number of nitrogens with two attached hydrogens (primary N) is 1. The minimum atomic E-state index is 0.367. The van der Waals surface area contributed by atoms with Gasteiger partial charge in [-0.15, -0.1) is 0 Å². The van der Waals surface area contributed by atoms with Crippen LogP contribution < -0.4 is 10.5 Å². The Labute approximate surface area is 82.9 Å². The first-order valence-corrected chi connectivity index (χ1v) is 4.66. The van der Waals surface area contributed by atoms with E-state index in [0.717, 1.165) is 12.8 Å². The molecule has 0 atom stereocenters. The van der Waals surface area contributed by atoms with Crippen molar-refractivity contribution in [2.24, 2.45) is 0 Å². The molecule has 0 saturated heterocycles. The first kappa shape index (κ1) is 10.1. The highest BCUT2D eigenvalue weighted by Crippen LogP contribution is 2.17. The molecule has 0 aliphatic heterocycles. The second-order valence-electron chi connectivity index (χ2n) is 2.76. The molecule has 1 aromatic rings. The molecule has 0 radical (unpaired) electrons. The lowest BCUT2D eigenvalue weighted by Crippen LogP contribution is -1.99. The van der Waals surface area contributed by atoms with Gasteiger partial charge in [-0.3, -0.25) is 0 Å². The molecule has 0 aliphatic rings. The molecule has 1 aromatic heterocycles. The summed E-state index contributed by atoms with van der Waals surface area (Å²) in [5.41, 5.74) is 6.13. The van der Waals surface area contributed by atoms with Crippen molar-refractivity contribution in [1.29, 1.82) is 0 Å². The molecule has 4 heteroatoms. The average Bonchev–Trinajstić information content (AvgIpc) is 2.03. The normalized spacial score (nSPS) is 10.0. The van der Waals surface area contributed by atoms with Gasteiger partial charge in [0.05, 0.1) is 6.61 Å². The highest BCUT2D eigenvalue weighted by molar-refractivity contribution is 6.29. The predicted molar refractivity (Wildman–Crippen MR) is 54.1 cm³/mol. The first-order chi connectivity index (χ1) is 6.22. The maximum absolute atomic E-state index is 5.69. The van der Waals surface area contributed by atoms with Crippen molar-refractivity contribution in [3.8, 4) is 5.88 Å². The maximum Gasteiger partial charge on any atom is 0.216 e. The number of anilines is 1. The number of hydrogen-bond donors (Lipinski definition) is 1. The third kappa shape index (κ3) is 3.51. The Bertz CT molecular complexity index is 258. The van der Waals surface area contributed by atoms with Crippen molar-refractivity contribution in [1.82, 2.24) is 4.98 Å². The van der Waals surface area contributed by atoms with Crippen LogP contribution in [0.2, 0.25) is 5.15 Å². The highest BCUT2D eigenvalue weighted by atomic mass is 35.5. The molecule has 0 amide bonds. The Morgan fingerprint density at radius 3 is 2.92 bits per heavy atom. The van der Waals surface area contributed by atoms with Gasteiger partial charge in [-0.2, -0.15) is 0 Å². The van der Waals surface area contributed by atoms with E-state index in [0.29, 0.717) is 23.3 Å². The van der Waals surface area contributed by atoms with Crippen molar-refractivity contribution in [2.45, 2.75) is 19.8 Å². The van der Waals surface area contributed by atoms with E-state index >= 15 is 0 Å². The van der Waals surface area contributed by atoms with Crippen molar-refractivity contribution in [2.75, 3.05) is 12.3 Å². The Morgan fingerprint density at radius 2 is 2.31 bits per heavy atom. The van der Waals surface area contributed by atoms with E-state index in [1.165, 1.54) is 0 Å². The van der Waals surface area contributed by atoms with Crippen LogP contribution >= 0.6 is 11.6 Å². The monoisotopic (exact) mass is 200 g/mol. The van der Waals surface area contributed by atoms with E-state index in [9.17, 15) is 0 Å². The third-order valence-corrected chi connectivity index (χ3v) is 1.73. The summed E-state index contributed by atoms with van der Waals surface area (Å²) in [6, 6.07) is 3.26. The summed E-state index contributed by atoms with van der Waals surface area (Å²) in [5.74, 6) is 0.499. The second-order valence-corrected chi connectivity index (χ2v) is 3.15. The minimum Gasteiger partial charge on any atom is -0.478 e. The summed E-state index contributed by atoms with van der Waals surface area (Å²) < 4.78 is 5.33. The Kier molecular flexibility index (Phi) is 3.83. The molecule has 3 nitrogen and oxygen atoms in total. The molecule has 0 saturated carbocycles. The van der Waals surface area contributed by atoms with Crippen molar-refractivity contribution >= 4 is 17.3 Å². The Hall–Kier alpha value is -0.960. The number of nitrogens with zero attached hydrogens (tertiary/aromatic N) is 1. The van der Waals surface area contributed by atoms with Gasteiger partial charge in [-0.05, 0) is 12.5 Å². The van der Waals surface area contributed by atoms with E-state index in [4.69, 9.17) is 22.1 Å². The van der Waals surface area contributed by atoms with Gasteiger partial charge in [-0.25, -0.2) is 4.98 Å². The topological polar surface area (TPSA) is 48.1 Å². The number of ether oxygens (including phenoxy) is 1. The third-order valence-electron chi connectivity index (χ3n) is 1.54. The van der Waals surface area contributed by atoms with Crippen LogP contribution in [-0.4, -0.2) is 11.6 Å². The Morgan fingerprint density at radius 1 is 1.54 bits per heavy atom. The zero-order valence-electron chi connectivity index (χ0n) is 7.59. The quantitative estimate of drug-likeness (QED) is 0.600. The molecular weight excluding hydrogens is 188 g/mol. The number of unbranched alkanes of at least 4 members (excludes halogenated alkanes) is 1. The summed E-state index contributed by atoms with van der Waals surface area (Å²) in [6.45, 7) is 2.76. The van der Waals surface area contributed by atoms with Crippen LogP contribution in [0.5, 0.6) is 5.88 Å². The van der Waals surface area contributed by atoms with Crippen LogP contribution in [0.1, 0.15) is 19.8 Å². The molecule has 0 unspecified atom stereocenters. The zero-order valence-corrected chi connectivity index (χ0v) is 8.34. The van der Waals surface area contributed by atoms with Crippen LogP contribution in [-0.2, 0) is 0 Å². The van der Waals surface area contributed by atoms with Gasteiger partial charge < -0.3 is 10.5 Å². The molecule has 0 bridgehead atoms. The van der Waals surface area contributed by atoms with E-state index < -0.39 is 0 Å². The number of rotatable bonds is 4. The van der Waals surface area contributed by atoms with E-state index in [2.05, 4.69) is 11.9 Å². The molecule has 1 heterocycles. The minimum absolute atomic E-state index is 0.367. The van der Waals surface area contributed by atoms with Crippen molar-refractivity contribution in [3.05, 3.63) is 17.3 Å². The first-order valence-electron chi connectivity index (χ1n) is 4.28. The van der Waals surface area contributed by atoms with E-state index in [-0.39, 0.29) is 0 Å². The van der Waals surface area contributed by atoms with Crippen LogP contribution in [0, 0.1) is 0 Å². The van der Waals surface area contributed by atoms with Gasteiger partial charge in [0.25, 0.3) is 0 Å².